The maximum atomic E-state index is 12.5. The average molecular weight is 458 g/mol. The zero-order valence-corrected chi connectivity index (χ0v) is 17.8. The summed E-state index contributed by atoms with van der Waals surface area (Å²) < 4.78 is 27.4. The normalized spacial score (nSPS) is 11.3. The molecule has 0 radical (unpaired) electrons. The predicted octanol–water partition coefficient (Wildman–Crippen LogP) is 3.39. The number of thiophene rings is 1. The van der Waals surface area contributed by atoms with Crippen molar-refractivity contribution in [2.45, 2.75) is 11.4 Å². The number of anilines is 1. The van der Waals surface area contributed by atoms with Crippen molar-refractivity contribution in [1.29, 1.82) is 0 Å². The van der Waals surface area contributed by atoms with Gasteiger partial charge in [-0.2, -0.15) is 0 Å². The summed E-state index contributed by atoms with van der Waals surface area (Å²) in [4.78, 5) is 17.6. The van der Waals surface area contributed by atoms with Crippen molar-refractivity contribution in [2.75, 3.05) is 5.32 Å². The molecule has 0 aliphatic carbocycles. The summed E-state index contributed by atoms with van der Waals surface area (Å²) >= 11 is 2.67. The molecule has 30 heavy (non-hydrogen) atoms. The minimum absolute atomic E-state index is 0.0870. The van der Waals surface area contributed by atoms with Crippen LogP contribution in [0.4, 0.5) is 5.13 Å². The summed E-state index contributed by atoms with van der Waals surface area (Å²) in [6.45, 7) is 0.220. The summed E-state index contributed by atoms with van der Waals surface area (Å²) in [5.41, 5.74) is 0.974. The van der Waals surface area contributed by atoms with Crippen molar-refractivity contribution in [2.24, 2.45) is 0 Å². The van der Waals surface area contributed by atoms with Gasteiger partial charge in [-0.1, -0.05) is 23.5 Å². The van der Waals surface area contributed by atoms with Crippen molar-refractivity contribution in [3.63, 3.8) is 0 Å². The van der Waals surface area contributed by atoms with Crippen LogP contribution in [0.5, 0.6) is 0 Å². The Morgan fingerprint density at radius 2 is 1.83 bits per heavy atom. The molecule has 0 unspecified atom stereocenters. The van der Waals surface area contributed by atoms with Gasteiger partial charge in [0, 0.05) is 23.2 Å². The van der Waals surface area contributed by atoms with Gasteiger partial charge < -0.3 is 0 Å². The van der Waals surface area contributed by atoms with E-state index in [-0.39, 0.29) is 11.4 Å². The molecular weight excluding hydrogens is 442 g/mol. The van der Waals surface area contributed by atoms with E-state index in [0.29, 0.717) is 21.4 Å². The highest BCUT2D eigenvalue weighted by molar-refractivity contribution is 7.89. The van der Waals surface area contributed by atoms with Crippen molar-refractivity contribution in [3.05, 3.63) is 76.6 Å². The summed E-state index contributed by atoms with van der Waals surface area (Å²) in [7, 11) is -3.67. The second-order valence-electron chi connectivity index (χ2n) is 6.01. The van der Waals surface area contributed by atoms with Gasteiger partial charge in [0.15, 0.2) is 5.01 Å². The molecule has 3 heterocycles. The van der Waals surface area contributed by atoms with E-state index in [9.17, 15) is 13.2 Å². The molecule has 0 atom stereocenters. The van der Waals surface area contributed by atoms with Crippen LogP contribution in [0.3, 0.4) is 0 Å². The van der Waals surface area contributed by atoms with E-state index >= 15 is 0 Å². The number of nitrogens with one attached hydrogen (secondary N) is 2. The Hall–Kier alpha value is -2.99. The van der Waals surface area contributed by atoms with E-state index in [2.05, 4.69) is 25.2 Å². The number of carbonyl (C=O) groups is 1. The number of carbonyl (C=O) groups excluding carboxylic acids is 1. The summed E-state index contributed by atoms with van der Waals surface area (Å²) in [5.74, 6) is -0.408. The molecule has 0 saturated carbocycles. The number of aromatic nitrogens is 3. The zero-order valence-electron chi connectivity index (χ0n) is 15.3. The molecular formula is C19H15N5O3S3. The molecule has 0 aliphatic heterocycles. The second kappa shape index (κ2) is 8.79. The predicted molar refractivity (Wildman–Crippen MR) is 116 cm³/mol. The summed E-state index contributed by atoms with van der Waals surface area (Å²) in [6.07, 6.45) is 1.65. The van der Waals surface area contributed by atoms with Crippen LogP contribution in [0.2, 0.25) is 0 Å². The Morgan fingerprint density at radius 3 is 2.53 bits per heavy atom. The summed E-state index contributed by atoms with van der Waals surface area (Å²) in [5, 5.41) is 13.4. The molecule has 0 bridgehead atoms. The first kappa shape index (κ1) is 20.3. The van der Waals surface area contributed by atoms with E-state index in [0.717, 1.165) is 4.88 Å². The molecule has 1 amide bonds. The Bertz CT molecular complexity index is 1240. The third kappa shape index (κ3) is 4.76. The van der Waals surface area contributed by atoms with Crippen LogP contribution < -0.4 is 10.0 Å². The minimum Gasteiger partial charge on any atom is -0.296 e. The number of benzene rings is 1. The van der Waals surface area contributed by atoms with Crippen LogP contribution in [0, 0.1) is 0 Å². The Labute approximate surface area is 180 Å². The lowest BCUT2D eigenvalue weighted by molar-refractivity contribution is 0.102. The van der Waals surface area contributed by atoms with Gasteiger partial charge >= 0.3 is 0 Å². The molecule has 8 nitrogen and oxygen atoms in total. The highest BCUT2D eigenvalue weighted by Crippen LogP contribution is 2.24. The van der Waals surface area contributed by atoms with Crippen LogP contribution in [0.25, 0.3) is 10.7 Å². The highest BCUT2D eigenvalue weighted by Gasteiger charge is 2.16. The van der Waals surface area contributed by atoms with Crippen molar-refractivity contribution >= 4 is 43.7 Å². The Morgan fingerprint density at radius 1 is 1.00 bits per heavy atom. The molecule has 0 aliphatic rings. The molecule has 4 aromatic rings. The highest BCUT2D eigenvalue weighted by atomic mass is 32.2. The van der Waals surface area contributed by atoms with E-state index < -0.39 is 15.9 Å². The average Bonchev–Trinajstić information content (AvgIpc) is 3.45. The molecule has 11 heteroatoms. The second-order valence-corrected chi connectivity index (χ2v) is 9.79. The third-order valence-electron chi connectivity index (χ3n) is 3.97. The number of nitrogens with zero attached hydrogens (tertiary/aromatic N) is 3. The number of amides is 1. The maximum absolute atomic E-state index is 12.5. The molecule has 2 N–H and O–H groups in total. The maximum Gasteiger partial charge on any atom is 0.257 e. The molecule has 0 saturated heterocycles. The van der Waals surface area contributed by atoms with Gasteiger partial charge in [0.1, 0.15) is 5.69 Å². The minimum atomic E-state index is -3.67. The molecule has 152 valence electrons. The smallest absolute Gasteiger partial charge is 0.257 e. The number of sulfonamides is 1. The summed E-state index contributed by atoms with van der Waals surface area (Å²) in [6, 6.07) is 14.9. The third-order valence-corrected chi connectivity index (χ3v) is 7.13. The van der Waals surface area contributed by atoms with Crippen LogP contribution in [-0.4, -0.2) is 29.5 Å². The monoisotopic (exact) mass is 457 g/mol. The lowest BCUT2D eigenvalue weighted by Gasteiger charge is -2.07. The van der Waals surface area contributed by atoms with Crippen molar-refractivity contribution < 1.29 is 13.2 Å². The van der Waals surface area contributed by atoms with Crippen LogP contribution >= 0.6 is 22.7 Å². The fourth-order valence-electron chi connectivity index (χ4n) is 2.48. The number of hydrogen-bond acceptors (Lipinski definition) is 8. The first-order valence-electron chi connectivity index (χ1n) is 8.70. The SMILES string of the molecule is O=C(Nc1nnc(-c2ccccn2)s1)c1ccc(S(=O)(=O)NCc2cccs2)cc1. The zero-order chi connectivity index (χ0) is 21.0. The van der Waals surface area contributed by atoms with Crippen molar-refractivity contribution in [1.82, 2.24) is 19.9 Å². The first-order chi connectivity index (χ1) is 14.5. The van der Waals surface area contributed by atoms with E-state index in [4.69, 9.17) is 0 Å². The van der Waals surface area contributed by atoms with E-state index in [1.165, 1.54) is 46.9 Å². The Kier molecular flexibility index (Phi) is 5.95. The molecule has 0 spiro atoms. The van der Waals surface area contributed by atoms with Gasteiger partial charge in [-0.05, 0) is 47.8 Å². The van der Waals surface area contributed by atoms with Gasteiger partial charge in [0.05, 0.1) is 4.90 Å². The van der Waals surface area contributed by atoms with E-state index in [1.807, 2.05) is 23.6 Å². The standard InChI is InChI=1S/C19H15N5O3S3/c25-17(22-19-24-23-18(29-19)16-5-1-2-10-20-16)13-6-8-15(9-7-13)30(26,27)21-12-14-4-3-11-28-14/h1-11,21H,12H2,(H,22,24,25). The Balaban J connectivity index is 1.41. The van der Waals surface area contributed by atoms with Crippen LogP contribution in [0.15, 0.2) is 71.1 Å². The fourth-order valence-corrected chi connectivity index (χ4v) is 4.94. The lowest BCUT2D eigenvalue weighted by Crippen LogP contribution is -2.23. The topological polar surface area (TPSA) is 114 Å². The number of hydrogen-bond donors (Lipinski definition) is 2. The van der Waals surface area contributed by atoms with Crippen LogP contribution in [0.1, 0.15) is 15.2 Å². The number of pyridine rings is 1. The fraction of sp³-hybridized carbons (Fsp3) is 0.0526. The lowest BCUT2D eigenvalue weighted by atomic mass is 10.2. The molecule has 0 fully saturated rings. The van der Waals surface area contributed by atoms with E-state index in [1.54, 1.807) is 18.3 Å². The van der Waals surface area contributed by atoms with Gasteiger partial charge in [0.25, 0.3) is 5.91 Å². The van der Waals surface area contributed by atoms with Crippen molar-refractivity contribution in [3.8, 4) is 10.7 Å². The van der Waals surface area contributed by atoms with Gasteiger partial charge in [-0.15, -0.1) is 21.5 Å². The quantitative estimate of drug-likeness (QED) is 0.440. The molecule has 1 aromatic carbocycles. The van der Waals surface area contributed by atoms with Gasteiger partial charge in [0.2, 0.25) is 15.2 Å². The van der Waals surface area contributed by atoms with Crippen LogP contribution in [-0.2, 0) is 16.6 Å². The van der Waals surface area contributed by atoms with Gasteiger partial charge in [-0.25, -0.2) is 13.1 Å². The van der Waals surface area contributed by atoms with Gasteiger partial charge in [-0.3, -0.25) is 15.1 Å². The first-order valence-corrected chi connectivity index (χ1v) is 11.9. The molecule has 4 rings (SSSR count). The number of rotatable bonds is 7. The largest absolute Gasteiger partial charge is 0.296 e. The molecule has 3 aromatic heterocycles.